The summed E-state index contributed by atoms with van der Waals surface area (Å²) in [5.41, 5.74) is 2.22. The number of hydrogen-bond acceptors (Lipinski definition) is 4. The normalized spacial score (nSPS) is 15.6. The van der Waals surface area contributed by atoms with E-state index in [9.17, 15) is 0 Å². The van der Waals surface area contributed by atoms with E-state index in [2.05, 4.69) is 20.7 Å². The van der Waals surface area contributed by atoms with Gasteiger partial charge in [-0.2, -0.15) is 0 Å². The van der Waals surface area contributed by atoms with Gasteiger partial charge in [0.05, 0.1) is 23.9 Å². The van der Waals surface area contributed by atoms with E-state index in [-0.39, 0.29) is 0 Å². The number of rotatable bonds is 4. The molecule has 4 nitrogen and oxygen atoms in total. The lowest BCUT2D eigenvalue weighted by Crippen LogP contribution is -2.15. The largest absolute Gasteiger partial charge is 0.332 e. The van der Waals surface area contributed by atoms with Gasteiger partial charge >= 0.3 is 0 Å². The molecule has 0 unspecified atom stereocenters. The summed E-state index contributed by atoms with van der Waals surface area (Å²) < 4.78 is 2.00. The van der Waals surface area contributed by atoms with Gasteiger partial charge in [-0.15, -0.1) is 11.3 Å². The van der Waals surface area contributed by atoms with Crippen LogP contribution in [0.5, 0.6) is 0 Å². The Morgan fingerprint density at radius 2 is 2.44 bits per heavy atom. The number of aryl methyl sites for hydroxylation is 1. The highest BCUT2D eigenvalue weighted by Gasteiger charge is 2.20. The zero-order valence-corrected chi connectivity index (χ0v) is 10.00. The van der Waals surface area contributed by atoms with Gasteiger partial charge in [0.25, 0.3) is 0 Å². The predicted molar refractivity (Wildman–Crippen MR) is 64.2 cm³/mol. The van der Waals surface area contributed by atoms with Crippen molar-refractivity contribution < 1.29 is 0 Å². The maximum atomic E-state index is 4.61. The molecule has 1 aliphatic carbocycles. The first-order valence-electron chi connectivity index (χ1n) is 5.47. The van der Waals surface area contributed by atoms with Gasteiger partial charge in [-0.3, -0.25) is 0 Å². The first kappa shape index (κ1) is 9.99. The Kier molecular flexibility index (Phi) is 2.49. The van der Waals surface area contributed by atoms with E-state index in [1.54, 1.807) is 17.7 Å². The SMILES string of the molecule is Cn1cncc1-c1nc(CNC2CC2)cs1. The monoisotopic (exact) mass is 234 g/mol. The van der Waals surface area contributed by atoms with Crippen molar-refractivity contribution in [1.82, 2.24) is 19.9 Å². The van der Waals surface area contributed by atoms with Crippen molar-refractivity contribution in [2.24, 2.45) is 7.05 Å². The standard InChI is InChI=1S/C11H14N4S/c1-15-7-12-5-10(15)11-14-9(6-16-11)4-13-8-2-3-8/h5-8,13H,2-4H2,1H3. The zero-order valence-electron chi connectivity index (χ0n) is 9.18. The minimum atomic E-state index is 0.738. The summed E-state index contributed by atoms with van der Waals surface area (Å²) in [6.07, 6.45) is 6.30. The summed E-state index contributed by atoms with van der Waals surface area (Å²) in [6, 6.07) is 0.738. The van der Waals surface area contributed by atoms with E-state index in [1.165, 1.54) is 12.8 Å². The third kappa shape index (κ3) is 2.01. The molecule has 0 radical (unpaired) electrons. The molecule has 0 aromatic carbocycles. The lowest BCUT2D eigenvalue weighted by atomic mass is 10.4. The predicted octanol–water partition coefficient (Wildman–Crippen LogP) is 1.80. The lowest BCUT2D eigenvalue weighted by Gasteiger charge is -1.98. The van der Waals surface area contributed by atoms with Gasteiger partial charge in [0, 0.05) is 25.0 Å². The highest BCUT2D eigenvalue weighted by atomic mass is 32.1. The Balaban J connectivity index is 1.74. The van der Waals surface area contributed by atoms with E-state index in [4.69, 9.17) is 0 Å². The van der Waals surface area contributed by atoms with Gasteiger partial charge < -0.3 is 9.88 Å². The van der Waals surface area contributed by atoms with E-state index in [1.807, 2.05) is 17.8 Å². The molecule has 0 atom stereocenters. The van der Waals surface area contributed by atoms with Crippen molar-refractivity contribution in [2.45, 2.75) is 25.4 Å². The number of aromatic nitrogens is 3. The van der Waals surface area contributed by atoms with Crippen LogP contribution in [0.2, 0.25) is 0 Å². The molecular formula is C11H14N4S. The second-order valence-electron chi connectivity index (χ2n) is 4.19. The first-order chi connectivity index (χ1) is 7.83. The molecule has 84 valence electrons. The van der Waals surface area contributed by atoms with Gasteiger partial charge in [-0.25, -0.2) is 9.97 Å². The number of imidazole rings is 1. The fourth-order valence-electron chi connectivity index (χ4n) is 1.61. The van der Waals surface area contributed by atoms with Crippen molar-refractivity contribution in [2.75, 3.05) is 0 Å². The van der Waals surface area contributed by atoms with Crippen LogP contribution >= 0.6 is 11.3 Å². The van der Waals surface area contributed by atoms with Crippen LogP contribution in [-0.2, 0) is 13.6 Å². The third-order valence-electron chi connectivity index (χ3n) is 2.74. The van der Waals surface area contributed by atoms with Crippen molar-refractivity contribution in [3.8, 4) is 10.7 Å². The van der Waals surface area contributed by atoms with Crippen LogP contribution in [0, 0.1) is 0 Å². The molecule has 2 heterocycles. The molecule has 16 heavy (non-hydrogen) atoms. The maximum Gasteiger partial charge on any atom is 0.141 e. The second kappa shape index (κ2) is 3.99. The van der Waals surface area contributed by atoms with Crippen molar-refractivity contribution in [3.63, 3.8) is 0 Å². The molecule has 5 heteroatoms. The van der Waals surface area contributed by atoms with Crippen LogP contribution in [0.1, 0.15) is 18.5 Å². The van der Waals surface area contributed by atoms with Gasteiger partial charge in [0.1, 0.15) is 5.01 Å². The van der Waals surface area contributed by atoms with Crippen LogP contribution in [-0.4, -0.2) is 20.6 Å². The minimum Gasteiger partial charge on any atom is -0.332 e. The molecule has 3 rings (SSSR count). The molecule has 2 aromatic heterocycles. The molecule has 2 aromatic rings. The molecule has 0 aliphatic heterocycles. The highest BCUT2D eigenvalue weighted by Crippen LogP contribution is 2.24. The summed E-state index contributed by atoms with van der Waals surface area (Å²) in [4.78, 5) is 8.71. The van der Waals surface area contributed by atoms with Crippen LogP contribution in [0.15, 0.2) is 17.9 Å². The van der Waals surface area contributed by atoms with Gasteiger partial charge in [0.15, 0.2) is 0 Å². The lowest BCUT2D eigenvalue weighted by molar-refractivity contribution is 0.677. The highest BCUT2D eigenvalue weighted by molar-refractivity contribution is 7.13. The Labute approximate surface area is 98.4 Å². The number of nitrogens with zero attached hydrogens (tertiary/aromatic N) is 3. The summed E-state index contributed by atoms with van der Waals surface area (Å²) >= 11 is 1.68. The van der Waals surface area contributed by atoms with Crippen molar-refractivity contribution >= 4 is 11.3 Å². The number of hydrogen-bond donors (Lipinski definition) is 1. The molecule has 0 spiro atoms. The van der Waals surface area contributed by atoms with Crippen LogP contribution in [0.4, 0.5) is 0 Å². The average molecular weight is 234 g/mol. The van der Waals surface area contributed by atoms with Crippen molar-refractivity contribution in [1.29, 1.82) is 0 Å². The Morgan fingerprint density at radius 1 is 1.56 bits per heavy atom. The molecule has 0 amide bonds. The molecule has 0 bridgehead atoms. The summed E-state index contributed by atoms with van der Waals surface area (Å²) in [5.74, 6) is 0. The third-order valence-corrected chi connectivity index (χ3v) is 3.65. The molecule has 1 N–H and O–H groups in total. The second-order valence-corrected chi connectivity index (χ2v) is 5.05. The fourth-order valence-corrected chi connectivity index (χ4v) is 2.48. The van der Waals surface area contributed by atoms with Crippen molar-refractivity contribution in [3.05, 3.63) is 23.6 Å². The minimum absolute atomic E-state index is 0.738. The van der Waals surface area contributed by atoms with Crippen LogP contribution in [0.3, 0.4) is 0 Å². The fraction of sp³-hybridized carbons (Fsp3) is 0.455. The molecule has 1 aliphatic rings. The number of thiazole rings is 1. The van der Waals surface area contributed by atoms with E-state index in [0.29, 0.717) is 0 Å². The summed E-state index contributed by atoms with van der Waals surface area (Å²) in [5, 5.41) is 6.64. The molecular weight excluding hydrogens is 220 g/mol. The molecule has 1 fully saturated rings. The van der Waals surface area contributed by atoms with Crippen LogP contribution < -0.4 is 5.32 Å². The topological polar surface area (TPSA) is 42.7 Å². The van der Waals surface area contributed by atoms with E-state index in [0.717, 1.165) is 29.0 Å². The summed E-state index contributed by atoms with van der Waals surface area (Å²) in [6.45, 7) is 0.888. The zero-order chi connectivity index (χ0) is 11.0. The van der Waals surface area contributed by atoms with E-state index < -0.39 is 0 Å². The smallest absolute Gasteiger partial charge is 0.141 e. The first-order valence-corrected chi connectivity index (χ1v) is 6.35. The van der Waals surface area contributed by atoms with Crippen LogP contribution in [0.25, 0.3) is 10.7 Å². The Hall–Kier alpha value is -1.20. The van der Waals surface area contributed by atoms with Gasteiger partial charge in [-0.05, 0) is 12.8 Å². The molecule has 1 saturated carbocycles. The quantitative estimate of drug-likeness (QED) is 0.877. The Morgan fingerprint density at radius 3 is 3.12 bits per heavy atom. The summed E-state index contributed by atoms with van der Waals surface area (Å²) in [7, 11) is 1.99. The Bertz CT molecular complexity index is 484. The van der Waals surface area contributed by atoms with E-state index >= 15 is 0 Å². The van der Waals surface area contributed by atoms with Gasteiger partial charge in [0.2, 0.25) is 0 Å². The average Bonchev–Trinajstić information content (AvgIpc) is 2.82. The van der Waals surface area contributed by atoms with Gasteiger partial charge in [-0.1, -0.05) is 0 Å². The molecule has 0 saturated heterocycles. The number of nitrogens with one attached hydrogen (secondary N) is 1. The maximum absolute atomic E-state index is 4.61.